The van der Waals surface area contributed by atoms with Crippen molar-refractivity contribution in [3.63, 3.8) is 0 Å². The summed E-state index contributed by atoms with van der Waals surface area (Å²) in [7, 11) is -0.965. The molecule has 21 heavy (non-hydrogen) atoms. The molecule has 0 fully saturated rings. The Bertz CT molecular complexity index is 786. The predicted octanol–water partition coefficient (Wildman–Crippen LogP) is 0.720. The first-order chi connectivity index (χ1) is 9.83. The van der Waals surface area contributed by atoms with Crippen molar-refractivity contribution in [2.24, 2.45) is 7.05 Å². The Morgan fingerprint density at radius 3 is 2.71 bits per heavy atom. The van der Waals surface area contributed by atoms with Crippen LogP contribution in [-0.4, -0.2) is 30.9 Å². The van der Waals surface area contributed by atoms with Crippen molar-refractivity contribution in [3.8, 4) is 0 Å². The molecule has 9 heteroatoms. The first-order valence-corrected chi connectivity index (χ1v) is 7.35. The highest BCUT2D eigenvalue weighted by molar-refractivity contribution is 7.92. The Labute approximate surface area is 120 Å². The predicted molar refractivity (Wildman–Crippen MR) is 73.8 cm³/mol. The van der Waals surface area contributed by atoms with E-state index >= 15 is 0 Å². The van der Waals surface area contributed by atoms with E-state index in [9.17, 15) is 17.6 Å². The molecular formula is C12H13FN4O3S. The summed E-state index contributed by atoms with van der Waals surface area (Å²) >= 11 is 0. The van der Waals surface area contributed by atoms with Gasteiger partial charge in [-0.3, -0.25) is 9.52 Å². The van der Waals surface area contributed by atoms with Gasteiger partial charge in [-0.25, -0.2) is 13.4 Å². The van der Waals surface area contributed by atoms with E-state index in [1.54, 1.807) is 7.05 Å². The number of rotatable bonds is 4. The summed E-state index contributed by atoms with van der Waals surface area (Å²) in [5.74, 6) is -1.35. The van der Waals surface area contributed by atoms with E-state index in [0.29, 0.717) is 0 Å². The van der Waals surface area contributed by atoms with Gasteiger partial charge in [0.1, 0.15) is 16.4 Å². The third kappa shape index (κ3) is 3.19. The van der Waals surface area contributed by atoms with Gasteiger partial charge in [0.2, 0.25) is 5.95 Å². The third-order valence-electron chi connectivity index (χ3n) is 2.70. The molecule has 0 aliphatic carbocycles. The Hall–Kier alpha value is -2.42. The lowest BCUT2D eigenvalue weighted by Crippen LogP contribution is -2.20. The maximum absolute atomic E-state index is 13.0. The maximum Gasteiger partial charge on any atom is 0.267 e. The minimum absolute atomic E-state index is 0.116. The summed E-state index contributed by atoms with van der Waals surface area (Å²) < 4.78 is 40.8. The number of halogens is 1. The average molecular weight is 312 g/mol. The molecule has 0 saturated carbocycles. The lowest BCUT2D eigenvalue weighted by atomic mass is 10.4. The Morgan fingerprint density at radius 1 is 1.38 bits per heavy atom. The Balaban J connectivity index is 2.34. The van der Waals surface area contributed by atoms with Gasteiger partial charge in [0.15, 0.2) is 0 Å². The molecule has 0 bridgehead atoms. The molecule has 0 aliphatic heterocycles. The van der Waals surface area contributed by atoms with Crippen LogP contribution in [0.25, 0.3) is 0 Å². The van der Waals surface area contributed by atoms with E-state index in [-0.39, 0.29) is 16.4 Å². The fourth-order valence-corrected chi connectivity index (χ4v) is 2.77. The van der Waals surface area contributed by atoms with Crippen molar-refractivity contribution >= 4 is 21.7 Å². The monoisotopic (exact) mass is 312 g/mol. The zero-order chi connectivity index (χ0) is 15.6. The van der Waals surface area contributed by atoms with Crippen molar-refractivity contribution < 1.29 is 17.6 Å². The van der Waals surface area contributed by atoms with Crippen LogP contribution in [0.15, 0.2) is 35.4 Å². The zero-order valence-corrected chi connectivity index (χ0v) is 12.1. The molecular weight excluding hydrogens is 299 g/mol. The number of amides is 1. The van der Waals surface area contributed by atoms with Gasteiger partial charge in [-0.2, -0.15) is 4.39 Å². The summed E-state index contributed by atoms with van der Waals surface area (Å²) in [4.78, 5) is 14.9. The Kier molecular flexibility index (Phi) is 3.94. The van der Waals surface area contributed by atoms with Crippen molar-refractivity contribution in [1.82, 2.24) is 14.9 Å². The lowest BCUT2D eigenvalue weighted by Gasteiger charge is -2.04. The second-order valence-corrected chi connectivity index (χ2v) is 5.88. The number of carbonyl (C=O) groups excluding carboxylic acids is 1. The van der Waals surface area contributed by atoms with Gasteiger partial charge < -0.3 is 9.88 Å². The molecule has 0 saturated heterocycles. The topological polar surface area (TPSA) is 93.1 Å². The SMILES string of the molecule is CNC(=O)c1cc(S(=O)(=O)Nc2cccc(F)n2)cn1C. The molecule has 0 aliphatic rings. The van der Waals surface area contributed by atoms with Crippen molar-refractivity contribution in [2.45, 2.75) is 4.90 Å². The summed E-state index contributed by atoms with van der Waals surface area (Å²) in [6.07, 6.45) is 1.28. The number of aromatic nitrogens is 2. The molecule has 2 aromatic rings. The summed E-state index contributed by atoms with van der Waals surface area (Å²) in [6.45, 7) is 0. The van der Waals surface area contributed by atoms with Crippen LogP contribution in [0.4, 0.5) is 10.2 Å². The van der Waals surface area contributed by atoms with Crippen LogP contribution in [0, 0.1) is 5.95 Å². The van der Waals surface area contributed by atoms with Crippen LogP contribution in [0.3, 0.4) is 0 Å². The van der Waals surface area contributed by atoms with Crippen molar-refractivity contribution in [2.75, 3.05) is 11.8 Å². The van der Waals surface area contributed by atoms with Crippen LogP contribution < -0.4 is 10.0 Å². The largest absolute Gasteiger partial charge is 0.354 e. The van der Waals surface area contributed by atoms with Crippen molar-refractivity contribution in [3.05, 3.63) is 42.1 Å². The summed E-state index contributed by atoms with van der Waals surface area (Å²) in [6, 6.07) is 4.98. The van der Waals surface area contributed by atoms with E-state index < -0.39 is 21.9 Å². The van der Waals surface area contributed by atoms with Gasteiger partial charge in [-0.15, -0.1) is 0 Å². The van der Waals surface area contributed by atoms with Crippen LogP contribution in [-0.2, 0) is 17.1 Å². The van der Waals surface area contributed by atoms with Gasteiger partial charge in [0.25, 0.3) is 15.9 Å². The number of hydrogen-bond acceptors (Lipinski definition) is 4. The van der Waals surface area contributed by atoms with Gasteiger partial charge in [-0.1, -0.05) is 6.07 Å². The standard InChI is InChI=1S/C12H13FN4O3S/c1-14-12(18)9-6-8(7-17(9)2)21(19,20)16-11-5-3-4-10(13)15-11/h3-7H,1-2H3,(H,14,18)(H,15,16). The molecule has 7 nitrogen and oxygen atoms in total. The quantitative estimate of drug-likeness (QED) is 0.814. The molecule has 2 rings (SSSR count). The molecule has 2 N–H and O–H groups in total. The summed E-state index contributed by atoms with van der Waals surface area (Å²) in [5.41, 5.74) is 0.185. The maximum atomic E-state index is 13.0. The molecule has 1 amide bonds. The van der Waals surface area contributed by atoms with E-state index in [1.165, 1.54) is 36.0 Å². The number of nitrogens with zero attached hydrogens (tertiary/aromatic N) is 2. The molecule has 0 atom stereocenters. The van der Waals surface area contributed by atoms with Crippen LogP contribution >= 0.6 is 0 Å². The number of aryl methyl sites for hydroxylation is 1. The second kappa shape index (κ2) is 5.52. The van der Waals surface area contributed by atoms with E-state index in [2.05, 4.69) is 15.0 Å². The van der Waals surface area contributed by atoms with Gasteiger partial charge in [-0.05, 0) is 18.2 Å². The lowest BCUT2D eigenvalue weighted by molar-refractivity contribution is 0.0955. The minimum Gasteiger partial charge on any atom is -0.354 e. The van der Waals surface area contributed by atoms with Crippen LogP contribution in [0.2, 0.25) is 0 Å². The zero-order valence-electron chi connectivity index (χ0n) is 11.3. The fourth-order valence-electron chi connectivity index (χ4n) is 1.70. The molecule has 0 unspecified atom stereocenters. The molecule has 2 heterocycles. The van der Waals surface area contributed by atoms with Gasteiger partial charge >= 0.3 is 0 Å². The molecule has 112 valence electrons. The Morgan fingerprint density at radius 2 is 2.10 bits per heavy atom. The second-order valence-electron chi connectivity index (χ2n) is 4.20. The fraction of sp³-hybridized carbons (Fsp3) is 0.167. The average Bonchev–Trinajstić information content (AvgIpc) is 2.80. The molecule has 0 spiro atoms. The third-order valence-corrected chi connectivity index (χ3v) is 4.03. The molecule has 0 aromatic carbocycles. The van der Waals surface area contributed by atoms with Gasteiger partial charge in [0.05, 0.1) is 0 Å². The highest BCUT2D eigenvalue weighted by atomic mass is 32.2. The van der Waals surface area contributed by atoms with Crippen LogP contribution in [0.5, 0.6) is 0 Å². The van der Waals surface area contributed by atoms with E-state index in [4.69, 9.17) is 0 Å². The number of sulfonamides is 1. The summed E-state index contributed by atoms with van der Waals surface area (Å²) in [5, 5.41) is 2.41. The van der Waals surface area contributed by atoms with Crippen molar-refractivity contribution in [1.29, 1.82) is 0 Å². The van der Waals surface area contributed by atoms with Crippen LogP contribution in [0.1, 0.15) is 10.5 Å². The normalized spacial score (nSPS) is 11.2. The highest BCUT2D eigenvalue weighted by Crippen LogP contribution is 2.17. The number of carbonyl (C=O) groups is 1. The first-order valence-electron chi connectivity index (χ1n) is 5.87. The number of nitrogens with one attached hydrogen (secondary N) is 2. The van der Waals surface area contributed by atoms with Gasteiger partial charge in [0, 0.05) is 20.3 Å². The minimum atomic E-state index is -3.95. The van der Waals surface area contributed by atoms with E-state index in [1.807, 2.05) is 0 Å². The number of pyridine rings is 1. The highest BCUT2D eigenvalue weighted by Gasteiger charge is 2.20. The smallest absolute Gasteiger partial charge is 0.267 e. The van der Waals surface area contributed by atoms with E-state index in [0.717, 1.165) is 6.07 Å². The first kappa shape index (κ1) is 15.0. The number of anilines is 1. The number of hydrogen-bond donors (Lipinski definition) is 2. The molecule has 2 aromatic heterocycles. The molecule has 0 radical (unpaired) electrons.